The Morgan fingerprint density at radius 3 is 2.24 bits per heavy atom. The van der Waals surface area contributed by atoms with Crippen molar-refractivity contribution in [1.29, 1.82) is 0 Å². The number of nitrogens with one attached hydrogen (secondary N) is 2. The van der Waals surface area contributed by atoms with E-state index < -0.39 is 27.4 Å². The molecule has 2 aliphatic heterocycles. The SMILES string of the molecule is COC(=O)c1c(NC(=O)c2ccc(S(=O)(=O)N3C[C@@H](C)C[C@H](C)C3)cc2)sc2c1CC(C)(C)NC2(C)C. The molecule has 8 nitrogen and oxygen atoms in total. The monoisotopic (exact) mass is 547 g/mol. The molecule has 1 aromatic carbocycles. The predicted molar refractivity (Wildman–Crippen MR) is 146 cm³/mol. The molecular weight excluding hydrogens is 510 g/mol. The van der Waals surface area contributed by atoms with Gasteiger partial charge in [0.2, 0.25) is 10.0 Å². The Morgan fingerprint density at radius 1 is 1.08 bits per heavy atom. The minimum Gasteiger partial charge on any atom is -0.465 e. The molecule has 0 saturated carbocycles. The highest BCUT2D eigenvalue weighted by Crippen LogP contribution is 2.45. The number of piperidine rings is 1. The molecule has 1 fully saturated rings. The van der Waals surface area contributed by atoms with Gasteiger partial charge >= 0.3 is 5.97 Å². The van der Waals surface area contributed by atoms with E-state index in [0.29, 0.717) is 47.5 Å². The van der Waals surface area contributed by atoms with Crippen LogP contribution in [0.15, 0.2) is 29.2 Å². The first-order chi connectivity index (χ1) is 17.1. The summed E-state index contributed by atoms with van der Waals surface area (Å²) in [4.78, 5) is 27.1. The molecule has 4 rings (SSSR count). The molecule has 1 saturated heterocycles. The van der Waals surface area contributed by atoms with Crippen LogP contribution in [0.2, 0.25) is 0 Å². The summed E-state index contributed by atoms with van der Waals surface area (Å²) in [6, 6.07) is 5.98. The van der Waals surface area contributed by atoms with Gasteiger partial charge in [-0.2, -0.15) is 4.31 Å². The fourth-order valence-electron chi connectivity index (χ4n) is 5.84. The normalized spacial score (nSPS) is 23.2. The fraction of sp³-hybridized carbons (Fsp3) is 0.556. The zero-order chi connectivity index (χ0) is 27.3. The molecule has 2 aromatic rings. The molecule has 0 bridgehead atoms. The summed E-state index contributed by atoms with van der Waals surface area (Å²) in [6.45, 7) is 13.4. The maximum atomic E-state index is 13.2. The summed E-state index contributed by atoms with van der Waals surface area (Å²) in [6.07, 6.45) is 1.62. The van der Waals surface area contributed by atoms with Crippen molar-refractivity contribution in [3.63, 3.8) is 0 Å². The van der Waals surface area contributed by atoms with Gasteiger partial charge in [0, 0.05) is 34.6 Å². The molecule has 202 valence electrons. The number of methoxy groups -OCH3 is 1. The minimum atomic E-state index is -3.64. The van der Waals surface area contributed by atoms with Gasteiger partial charge in [0.1, 0.15) is 5.00 Å². The Morgan fingerprint density at radius 2 is 1.68 bits per heavy atom. The van der Waals surface area contributed by atoms with Gasteiger partial charge in [0.25, 0.3) is 5.91 Å². The second-order valence-corrected chi connectivity index (χ2v) is 14.6. The van der Waals surface area contributed by atoms with Gasteiger partial charge in [0.15, 0.2) is 0 Å². The molecule has 0 unspecified atom stereocenters. The third-order valence-electron chi connectivity index (χ3n) is 7.05. The van der Waals surface area contributed by atoms with Crippen LogP contribution in [0.25, 0.3) is 0 Å². The van der Waals surface area contributed by atoms with Gasteiger partial charge in [-0.15, -0.1) is 11.3 Å². The van der Waals surface area contributed by atoms with Crippen molar-refractivity contribution < 1.29 is 22.7 Å². The van der Waals surface area contributed by atoms with Gasteiger partial charge in [-0.3, -0.25) is 4.79 Å². The van der Waals surface area contributed by atoms with Gasteiger partial charge in [-0.1, -0.05) is 13.8 Å². The first kappa shape index (κ1) is 27.8. The molecule has 1 aromatic heterocycles. The number of hydrogen-bond donors (Lipinski definition) is 2. The number of amides is 1. The van der Waals surface area contributed by atoms with Crippen molar-refractivity contribution >= 4 is 38.2 Å². The summed E-state index contributed by atoms with van der Waals surface area (Å²) < 4.78 is 33.0. The van der Waals surface area contributed by atoms with Crippen LogP contribution in [0.5, 0.6) is 0 Å². The molecule has 2 aliphatic rings. The summed E-state index contributed by atoms with van der Waals surface area (Å²) in [5, 5.41) is 6.93. The van der Waals surface area contributed by atoms with Gasteiger partial charge in [0.05, 0.1) is 17.6 Å². The molecule has 37 heavy (non-hydrogen) atoms. The van der Waals surface area contributed by atoms with E-state index in [1.165, 1.54) is 47.0 Å². The standard InChI is InChI=1S/C27H37N3O5S2/c1-16-12-17(2)15-30(14-16)37(33,34)19-10-8-18(9-11-19)23(31)28-24-21(25(32)35-7)20-13-26(3,4)29-27(5,6)22(20)36-24/h8-11,16-17,29H,12-15H2,1-7H3,(H,28,31)/t16-,17-/m0/s1. The number of nitrogens with zero attached hydrogens (tertiary/aromatic N) is 1. The number of esters is 1. The van der Waals surface area contributed by atoms with E-state index in [4.69, 9.17) is 4.74 Å². The van der Waals surface area contributed by atoms with Crippen molar-refractivity contribution in [2.45, 2.75) is 70.4 Å². The smallest absolute Gasteiger partial charge is 0.341 e. The number of carbonyl (C=O) groups excluding carboxylic acids is 2. The molecule has 0 aliphatic carbocycles. The van der Waals surface area contributed by atoms with Crippen LogP contribution in [0.3, 0.4) is 0 Å². The van der Waals surface area contributed by atoms with Crippen molar-refractivity contribution in [2.24, 2.45) is 11.8 Å². The molecule has 0 radical (unpaired) electrons. The summed E-state index contributed by atoms with van der Waals surface area (Å²) in [5.74, 6) is -0.310. The van der Waals surface area contributed by atoms with E-state index >= 15 is 0 Å². The first-order valence-electron chi connectivity index (χ1n) is 12.6. The third-order valence-corrected chi connectivity index (χ3v) is 10.4. The molecule has 2 atom stereocenters. The average molecular weight is 548 g/mol. The van der Waals surface area contributed by atoms with Crippen LogP contribution < -0.4 is 10.6 Å². The highest BCUT2D eigenvalue weighted by atomic mass is 32.2. The number of fused-ring (bicyclic) bond motifs is 1. The van der Waals surface area contributed by atoms with Crippen molar-refractivity contribution in [3.8, 4) is 0 Å². The number of anilines is 1. The molecule has 10 heteroatoms. The van der Waals surface area contributed by atoms with Crippen LogP contribution in [0.4, 0.5) is 5.00 Å². The van der Waals surface area contributed by atoms with E-state index in [9.17, 15) is 18.0 Å². The van der Waals surface area contributed by atoms with E-state index in [-0.39, 0.29) is 10.4 Å². The van der Waals surface area contributed by atoms with Crippen molar-refractivity contribution in [3.05, 3.63) is 45.8 Å². The topological polar surface area (TPSA) is 105 Å². The Balaban J connectivity index is 1.61. The zero-order valence-electron chi connectivity index (χ0n) is 22.6. The average Bonchev–Trinajstić information content (AvgIpc) is 3.15. The molecule has 2 N–H and O–H groups in total. The number of benzene rings is 1. The first-order valence-corrected chi connectivity index (χ1v) is 14.9. The Kier molecular flexibility index (Phi) is 7.35. The van der Waals surface area contributed by atoms with Gasteiger partial charge in [-0.25, -0.2) is 13.2 Å². The molecule has 3 heterocycles. The summed E-state index contributed by atoms with van der Waals surface area (Å²) >= 11 is 1.37. The van der Waals surface area contributed by atoms with E-state index in [2.05, 4.69) is 52.2 Å². The Labute approximate surface area is 223 Å². The lowest BCUT2D eigenvalue weighted by molar-refractivity contribution is 0.0600. The van der Waals surface area contributed by atoms with Crippen LogP contribution in [-0.4, -0.2) is 50.3 Å². The maximum absolute atomic E-state index is 13.2. The lowest BCUT2D eigenvalue weighted by Gasteiger charge is -2.42. The van der Waals surface area contributed by atoms with Gasteiger partial charge < -0.3 is 15.4 Å². The largest absolute Gasteiger partial charge is 0.465 e. The van der Waals surface area contributed by atoms with Crippen LogP contribution in [0.1, 0.15) is 79.1 Å². The van der Waals surface area contributed by atoms with E-state index in [1.54, 1.807) is 0 Å². The highest BCUT2D eigenvalue weighted by molar-refractivity contribution is 7.89. The van der Waals surface area contributed by atoms with E-state index in [1.807, 2.05) is 0 Å². The maximum Gasteiger partial charge on any atom is 0.341 e. The highest BCUT2D eigenvalue weighted by Gasteiger charge is 2.42. The predicted octanol–water partition coefficient (Wildman–Crippen LogP) is 4.61. The number of thiophene rings is 1. The zero-order valence-corrected chi connectivity index (χ0v) is 24.2. The number of sulfonamides is 1. The number of hydrogen-bond acceptors (Lipinski definition) is 7. The van der Waals surface area contributed by atoms with Crippen LogP contribution >= 0.6 is 11.3 Å². The quantitative estimate of drug-likeness (QED) is 0.530. The number of carbonyl (C=O) groups is 2. The lowest BCUT2D eigenvalue weighted by Crippen LogP contribution is -2.55. The Hall–Kier alpha value is -2.27. The number of ether oxygens (including phenoxy) is 1. The third kappa shape index (κ3) is 5.48. The Bertz CT molecular complexity index is 1300. The van der Waals surface area contributed by atoms with Gasteiger partial charge in [-0.05, 0) is 82.2 Å². The van der Waals surface area contributed by atoms with E-state index in [0.717, 1.165) is 16.9 Å². The summed E-state index contributed by atoms with van der Waals surface area (Å²) in [7, 11) is -2.31. The van der Waals surface area contributed by atoms with Crippen LogP contribution in [-0.2, 0) is 26.7 Å². The second kappa shape index (κ2) is 9.80. The second-order valence-electron chi connectivity index (χ2n) is 11.7. The fourth-order valence-corrected chi connectivity index (χ4v) is 8.78. The summed E-state index contributed by atoms with van der Waals surface area (Å²) in [5.41, 5.74) is 0.928. The molecular formula is C27H37N3O5S2. The lowest BCUT2D eigenvalue weighted by atomic mass is 9.81. The number of rotatable bonds is 5. The minimum absolute atomic E-state index is 0.169. The molecule has 0 spiro atoms. The van der Waals surface area contributed by atoms with Crippen LogP contribution in [0, 0.1) is 11.8 Å². The van der Waals surface area contributed by atoms with Crippen molar-refractivity contribution in [1.82, 2.24) is 9.62 Å². The molecule has 1 amide bonds. The van der Waals surface area contributed by atoms with Crippen molar-refractivity contribution in [2.75, 3.05) is 25.5 Å².